The summed E-state index contributed by atoms with van der Waals surface area (Å²) in [4.78, 5) is 17.2. The van der Waals surface area contributed by atoms with Crippen LogP contribution in [0.2, 0.25) is 0 Å². The number of benzene rings is 1. The molecule has 1 amide bonds. The number of amidine groups is 1. The first kappa shape index (κ1) is 21.5. The minimum Gasteiger partial charge on any atom is -0.461 e. The van der Waals surface area contributed by atoms with E-state index in [1.807, 2.05) is 24.3 Å². The summed E-state index contributed by atoms with van der Waals surface area (Å²) in [7, 11) is 0. The number of nitrogens with one attached hydrogen (secondary N) is 1. The maximum Gasteiger partial charge on any atom is 0.402 e. The number of ether oxygens (including phenoxy) is 1. The van der Waals surface area contributed by atoms with E-state index in [2.05, 4.69) is 21.2 Å². The van der Waals surface area contributed by atoms with E-state index in [0.717, 1.165) is 29.6 Å². The second-order valence-corrected chi connectivity index (χ2v) is 10.2. The number of aliphatic imine (C=N–C) groups is 1. The Morgan fingerprint density at radius 3 is 2.77 bits per heavy atom. The molecule has 1 spiro atoms. The number of thioether (sulfide) groups is 1. The topological polar surface area (TPSA) is 76.7 Å². The van der Waals surface area contributed by atoms with E-state index in [9.17, 15) is 18.0 Å². The Labute approximate surface area is 184 Å². The van der Waals surface area contributed by atoms with Crippen LogP contribution in [0.3, 0.4) is 0 Å². The monoisotopic (exact) mass is 503 g/mol. The van der Waals surface area contributed by atoms with Gasteiger partial charge in [-0.2, -0.15) is 13.2 Å². The number of alkyl halides is 3. The van der Waals surface area contributed by atoms with Crippen molar-refractivity contribution < 1.29 is 22.7 Å². The predicted octanol–water partition coefficient (Wildman–Crippen LogP) is 4.47. The lowest BCUT2D eigenvalue weighted by Crippen LogP contribution is -2.52. The summed E-state index contributed by atoms with van der Waals surface area (Å²) >= 11 is 4.93. The summed E-state index contributed by atoms with van der Waals surface area (Å²) in [6.45, 7) is 1.79. The molecule has 1 aromatic rings. The first-order valence-corrected chi connectivity index (χ1v) is 11.3. The fourth-order valence-electron chi connectivity index (χ4n) is 4.06. The molecule has 0 radical (unpaired) electrons. The molecule has 0 aromatic heterocycles. The molecule has 5 nitrogen and oxygen atoms in total. The van der Waals surface area contributed by atoms with Crippen LogP contribution in [0.4, 0.5) is 13.2 Å². The van der Waals surface area contributed by atoms with Crippen molar-refractivity contribution in [3.05, 3.63) is 40.1 Å². The van der Waals surface area contributed by atoms with Gasteiger partial charge >= 0.3 is 6.18 Å². The molecule has 30 heavy (non-hydrogen) atoms. The largest absolute Gasteiger partial charge is 0.461 e. The van der Waals surface area contributed by atoms with Gasteiger partial charge < -0.3 is 15.8 Å². The highest BCUT2D eigenvalue weighted by Gasteiger charge is 2.55. The Morgan fingerprint density at radius 1 is 1.40 bits per heavy atom. The molecule has 2 heterocycles. The van der Waals surface area contributed by atoms with E-state index in [4.69, 9.17) is 15.5 Å². The van der Waals surface area contributed by atoms with Crippen LogP contribution < -0.4 is 15.8 Å². The zero-order valence-electron chi connectivity index (χ0n) is 16.3. The van der Waals surface area contributed by atoms with Gasteiger partial charge in [-0.25, -0.2) is 4.99 Å². The number of nitrogens with two attached hydrogens (primary N) is 1. The molecule has 0 saturated carbocycles. The number of carbonyl (C=O) groups is 1. The number of nitrogens with zero attached hydrogens (tertiary/aromatic N) is 1. The van der Waals surface area contributed by atoms with Crippen molar-refractivity contribution in [1.82, 2.24) is 5.32 Å². The van der Waals surface area contributed by atoms with E-state index in [1.54, 1.807) is 0 Å². The summed E-state index contributed by atoms with van der Waals surface area (Å²) in [6, 6.07) is 5.24. The molecule has 162 valence electrons. The highest BCUT2D eigenvalue weighted by atomic mass is 79.9. The Hall–Kier alpha value is -1.68. The number of halogens is 4. The first-order chi connectivity index (χ1) is 13.9. The van der Waals surface area contributed by atoms with Gasteiger partial charge in [0.2, 0.25) is 5.91 Å². The SMILES string of the molecule is CC(C)(C(=O)N[C@H]1CC=C2Oc3ccc(Br)cc3C3(CSC(N)=N3)C2C1)C(F)(F)F. The van der Waals surface area contributed by atoms with Gasteiger partial charge in [-0.15, -0.1) is 0 Å². The van der Waals surface area contributed by atoms with Crippen LogP contribution in [0.25, 0.3) is 0 Å². The van der Waals surface area contributed by atoms with Crippen molar-refractivity contribution in [3.63, 3.8) is 0 Å². The summed E-state index contributed by atoms with van der Waals surface area (Å²) in [5.41, 5.74) is 3.76. The molecule has 3 atom stereocenters. The number of amides is 1. The van der Waals surface area contributed by atoms with E-state index in [0.29, 0.717) is 29.5 Å². The smallest absolute Gasteiger partial charge is 0.402 e. The van der Waals surface area contributed by atoms with Crippen LogP contribution in [-0.2, 0) is 10.3 Å². The lowest BCUT2D eigenvalue weighted by molar-refractivity contribution is -0.211. The molecule has 3 aliphatic rings. The normalized spacial score (nSPS) is 28.2. The van der Waals surface area contributed by atoms with Crippen molar-refractivity contribution in [2.24, 2.45) is 22.1 Å². The maximum atomic E-state index is 13.3. The molecular weight excluding hydrogens is 483 g/mol. The molecular formula is C20H21BrF3N3O2S. The van der Waals surface area contributed by atoms with Crippen molar-refractivity contribution in [3.8, 4) is 5.75 Å². The van der Waals surface area contributed by atoms with Gasteiger partial charge in [0.15, 0.2) is 5.17 Å². The summed E-state index contributed by atoms with van der Waals surface area (Å²) in [5.74, 6) is 0.753. The molecule has 1 aromatic carbocycles. The highest BCUT2D eigenvalue weighted by Crippen LogP contribution is 2.55. The first-order valence-electron chi connectivity index (χ1n) is 9.48. The lowest BCUT2D eigenvalue weighted by atomic mass is 9.71. The second-order valence-electron chi connectivity index (χ2n) is 8.33. The molecule has 1 aliphatic carbocycles. The van der Waals surface area contributed by atoms with E-state index in [-0.39, 0.29) is 5.92 Å². The van der Waals surface area contributed by atoms with Gasteiger partial charge in [0.05, 0.1) is 0 Å². The number of hydrogen-bond donors (Lipinski definition) is 2. The number of carbonyl (C=O) groups excluding carboxylic acids is 1. The van der Waals surface area contributed by atoms with Crippen LogP contribution >= 0.6 is 27.7 Å². The Morgan fingerprint density at radius 2 is 2.13 bits per heavy atom. The van der Waals surface area contributed by atoms with Gasteiger partial charge in [-0.05, 0) is 51.0 Å². The third kappa shape index (κ3) is 3.41. The molecule has 0 saturated heterocycles. The van der Waals surface area contributed by atoms with Crippen LogP contribution in [0, 0.1) is 11.3 Å². The second kappa shape index (κ2) is 7.19. The average molecular weight is 504 g/mol. The molecule has 0 bridgehead atoms. The minimum atomic E-state index is -4.63. The van der Waals surface area contributed by atoms with E-state index >= 15 is 0 Å². The van der Waals surface area contributed by atoms with Crippen LogP contribution in [0.1, 0.15) is 32.3 Å². The Bertz CT molecular complexity index is 963. The standard InChI is InChI=1S/C20H21BrF3N3O2S/c1-18(2,20(22,23)24)16(28)26-11-4-6-15-13(8-11)19(9-30-17(25)27-19)12-7-10(21)3-5-14(12)29-15/h3,5-7,11,13H,4,8-9H2,1-2H3,(H2,25,27)(H,26,28)/t11-,13?,19?/m0/s1. The number of fused-ring (bicyclic) bond motifs is 4. The van der Waals surface area contributed by atoms with Gasteiger partial charge in [0.25, 0.3) is 0 Å². The highest BCUT2D eigenvalue weighted by molar-refractivity contribution is 9.10. The van der Waals surface area contributed by atoms with Crippen molar-refractivity contribution in [2.45, 2.75) is 44.4 Å². The molecule has 3 N–H and O–H groups in total. The van der Waals surface area contributed by atoms with Gasteiger partial charge in [0, 0.05) is 27.7 Å². The average Bonchev–Trinajstić information content (AvgIpc) is 3.05. The van der Waals surface area contributed by atoms with Crippen molar-refractivity contribution in [2.75, 3.05) is 5.75 Å². The maximum absolute atomic E-state index is 13.3. The number of hydrogen-bond acceptors (Lipinski definition) is 5. The van der Waals surface area contributed by atoms with Crippen molar-refractivity contribution in [1.29, 1.82) is 0 Å². The van der Waals surface area contributed by atoms with Crippen LogP contribution in [-0.4, -0.2) is 29.0 Å². The molecule has 10 heteroatoms. The Kier molecular flexibility index (Phi) is 5.16. The Balaban J connectivity index is 1.66. The zero-order valence-corrected chi connectivity index (χ0v) is 18.7. The number of rotatable bonds is 2. The summed E-state index contributed by atoms with van der Waals surface area (Å²) in [5, 5.41) is 3.06. The third-order valence-corrected chi connectivity index (χ3v) is 7.51. The molecule has 2 unspecified atom stereocenters. The van der Waals surface area contributed by atoms with E-state index < -0.39 is 29.1 Å². The van der Waals surface area contributed by atoms with Crippen molar-refractivity contribution >= 4 is 38.8 Å². The van der Waals surface area contributed by atoms with E-state index in [1.165, 1.54) is 11.8 Å². The molecule has 0 fully saturated rings. The minimum absolute atomic E-state index is 0.235. The molecule has 2 aliphatic heterocycles. The van der Waals surface area contributed by atoms with Gasteiger partial charge in [-0.3, -0.25) is 4.79 Å². The van der Waals surface area contributed by atoms with Gasteiger partial charge in [0.1, 0.15) is 22.5 Å². The quantitative estimate of drug-likeness (QED) is 0.624. The summed E-state index contributed by atoms with van der Waals surface area (Å²) in [6.07, 6.45) is -1.98. The van der Waals surface area contributed by atoms with Gasteiger partial charge in [-0.1, -0.05) is 27.7 Å². The fourth-order valence-corrected chi connectivity index (χ4v) is 5.44. The third-order valence-electron chi connectivity index (χ3n) is 6.04. The van der Waals surface area contributed by atoms with Crippen LogP contribution in [0.15, 0.2) is 39.5 Å². The molecule has 4 rings (SSSR count). The zero-order chi connectivity index (χ0) is 21.9. The fraction of sp³-hybridized carbons (Fsp3) is 0.500. The lowest BCUT2D eigenvalue weighted by Gasteiger charge is -2.44. The predicted molar refractivity (Wildman–Crippen MR) is 113 cm³/mol. The summed E-state index contributed by atoms with van der Waals surface area (Å²) < 4.78 is 46.8. The van der Waals surface area contributed by atoms with Crippen LogP contribution in [0.5, 0.6) is 5.75 Å².